The lowest BCUT2D eigenvalue weighted by atomic mass is 9.99. The Bertz CT molecular complexity index is 240. The molecule has 5 nitrogen and oxygen atoms in total. The van der Waals surface area contributed by atoms with E-state index in [1.54, 1.807) is 0 Å². The van der Waals surface area contributed by atoms with Gasteiger partial charge in [0.15, 0.2) is 6.29 Å². The summed E-state index contributed by atoms with van der Waals surface area (Å²) in [6, 6.07) is 0. The molecule has 18 heavy (non-hydrogen) atoms. The van der Waals surface area contributed by atoms with Gasteiger partial charge in [0.25, 0.3) is 0 Å². The summed E-state index contributed by atoms with van der Waals surface area (Å²) in [5, 5.41) is 3.23. The van der Waals surface area contributed by atoms with Crippen LogP contribution in [0.1, 0.15) is 25.7 Å². The Morgan fingerprint density at radius 2 is 1.89 bits per heavy atom. The molecule has 1 N–H and O–H groups in total. The molecule has 0 aromatic rings. The molecular weight excluding hydrogens is 258 g/mol. The van der Waals surface area contributed by atoms with Gasteiger partial charge in [-0.2, -0.15) is 0 Å². The molecule has 2 fully saturated rings. The van der Waals surface area contributed by atoms with Gasteiger partial charge in [-0.3, -0.25) is 4.79 Å². The lowest BCUT2D eigenvalue weighted by Crippen LogP contribution is -2.32. The van der Waals surface area contributed by atoms with Gasteiger partial charge in [0.1, 0.15) is 0 Å². The minimum atomic E-state index is -0.0902. The Kier molecular flexibility index (Phi) is 7.58. The Hall–Kier alpha value is -0.360. The summed E-state index contributed by atoms with van der Waals surface area (Å²) in [6.07, 6.45) is 3.31. The summed E-state index contributed by atoms with van der Waals surface area (Å²) >= 11 is 0. The van der Waals surface area contributed by atoms with Crippen molar-refractivity contribution < 1.29 is 19.0 Å². The standard InChI is InChI=1S/C12H21NO4.ClH/c14-12(10-3-5-13-6-4-10)17-7-1-2-11-15-8-9-16-11;/h10-11,13H,1-9H2;1H. The molecule has 0 radical (unpaired) electrons. The van der Waals surface area contributed by atoms with E-state index in [0.29, 0.717) is 19.8 Å². The third-order valence-electron chi connectivity index (χ3n) is 3.19. The highest BCUT2D eigenvalue weighted by Gasteiger charge is 2.22. The van der Waals surface area contributed by atoms with Crippen molar-refractivity contribution in [2.24, 2.45) is 5.92 Å². The predicted molar refractivity (Wildman–Crippen MR) is 68.7 cm³/mol. The molecule has 0 unspecified atom stereocenters. The number of ether oxygens (including phenoxy) is 3. The zero-order chi connectivity index (χ0) is 11.9. The van der Waals surface area contributed by atoms with Crippen molar-refractivity contribution in [2.45, 2.75) is 32.0 Å². The third-order valence-corrected chi connectivity index (χ3v) is 3.19. The minimum Gasteiger partial charge on any atom is -0.465 e. The minimum absolute atomic E-state index is 0. The highest BCUT2D eigenvalue weighted by Crippen LogP contribution is 2.14. The summed E-state index contributed by atoms with van der Waals surface area (Å²) in [4.78, 5) is 11.7. The lowest BCUT2D eigenvalue weighted by Gasteiger charge is -2.21. The van der Waals surface area contributed by atoms with Gasteiger partial charge in [-0.1, -0.05) is 0 Å². The molecule has 0 aromatic heterocycles. The molecule has 2 heterocycles. The third kappa shape index (κ3) is 5.10. The van der Waals surface area contributed by atoms with E-state index in [4.69, 9.17) is 14.2 Å². The van der Waals surface area contributed by atoms with Crippen LogP contribution in [-0.4, -0.2) is 45.2 Å². The number of hydrogen-bond acceptors (Lipinski definition) is 5. The Balaban J connectivity index is 0.00000162. The molecule has 0 saturated carbocycles. The number of esters is 1. The van der Waals surface area contributed by atoms with Gasteiger partial charge in [0, 0.05) is 6.42 Å². The number of nitrogens with one attached hydrogen (secondary N) is 1. The number of hydrogen-bond donors (Lipinski definition) is 1. The monoisotopic (exact) mass is 279 g/mol. The molecular formula is C12H22ClNO4. The van der Waals surface area contributed by atoms with Gasteiger partial charge in [-0.05, 0) is 32.4 Å². The van der Waals surface area contributed by atoms with Gasteiger partial charge < -0.3 is 19.5 Å². The number of carbonyl (C=O) groups is 1. The number of carbonyl (C=O) groups excluding carboxylic acids is 1. The summed E-state index contributed by atoms with van der Waals surface area (Å²) in [5.74, 6) is 0.0509. The van der Waals surface area contributed by atoms with E-state index >= 15 is 0 Å². The fraction of sp³-hybridized carbons (Fsp3) is 0.917. The molecule has 0 aliphatic carbocycles. The average Bonchev–Trinajstić information content (AvgIpc) is 2.88. The number of piperidine rings is 1. The van der Waals surface area contributed by atoms with Crippen LogP contribution in [-0.2, 0) is 19.0 Å². The van der Waals surface area contributed by atoms with Gasteiger partial charge >= 0.3 is 5.97 Å². The number of rotatable bonds is 5. The van der Waals surface area contributed by atoms with Crippen molar-refractivity contribution in [1.82, 2.24) is 5.32 Å². The van der Waals surface area contributed by atoms with Crippen LogP contribution in [0.4, 0.5) is 0 Å². The summed E-state index contributed by atoms with van der Waals surface area (Å²) < 4.78 is 15.9. The summed E-state index contributed by atoms with van der Waals surface area (Å²) in [5.41, 5.74) is 0. The second-order valence-electron chi connectivity index (χ2n) is 4.51. The Labute approximate surface area is 114 Å². The SMILES string of the molecule is Cl.O=C(OCCCC1OCCO1)C1CCNCC1. The zero-order valence-electron chi connectivity index (χ0n) is 10.6. The van der Waals surface area contributed by atoms with Crippen LogP contribution in [0.5, 0.6) is 0 Å². The van der Waals surface area contributed by atoms with Crippen LogP contribution in [0.3, 0.4) is 0 Å². The first-order valence-electron chi connectivity index (χ1n) is 6.47. The molecule has 0 bridgehead atoms. The molecule has 0 amide bonds. The van der Waals surface area contributed by atoms with E-state index in [0.717, 1.165) is 38.8 Å². The maximum atomic E-state index is 11.7. The summed E-state index contributed by atoms with van der Waals surface area (Å²) in [7, 11) is 0. The van der Waals surface area contributed by atoms with E-state index < -0.39 is 0 Å². The van der Waals surface area contributed by atoms with Crippen LogP contribution in [0.2, 0.25) is 0 Å². The van der Waals surface area contributed by atoms with Crippen LogP contribution in [0.15, 0.2) is 0 Å². The fourth-order valence-corrected chi connectivity index (χ4v) is 2.17. The second kappa shape index (κ2) is 8.69. The molecule has 2 rings (SSSR count). The van der Waals surface area contributed by atoms with Crippen molar-refractivity contribution in [3.05, 3.63) is 0 Å². The van der Waals surface area contributed by atoms with E-state index in [9.17, 15) is 4.79 Å². The normalized spacial score (nSPS) is 21.6. The quantitative estimate of drug-likeness (QED) is 0.603. The van der Waals surface area contributed by atoms with Crippen molar-refractivity contribution >= 4 is 18.4 Å². The highest BCUT2D eigenvalue weighted by molar-refractivity contribution is 5.85. The molecule has 2 saturated heterocycles. The van der Waals surface area contributed by atoms with Gasteiger partial charge in [-0.25, -0.2) is 0 Å². The average molecular weight is 280 g/mol. The molecule has 2 aliphatic heterocycles. The second-order valence-corrected chi connectivity index (χ2v) is 4.51. The first-order valence-corrected chi connectivity index (χ1v) is 6.47. The van der Waals surface area contributed by atoms with Gasteiger partial charge in [0.2, 0.25) is 0 Å². The van der Waals surface area contributed by atoms with Crippen molar-refractivity contribution in [2.75, 3.05) is 32.9 Å². The smallest absolute Gasteiger partial charge is 0.309 e. The maximum absolute atomic E-state index is 11.7. The van der Waals surface area contributed by atoms with Crippen molar-refractivity contribution in [1.29, 1.82) is 0 Å². The maximum Gasteiger partial charge on any atom is 0.309 e. The van der Waals surface area contributed by atoms with E-state index in [2.05, 4.69) is 5.32 Å². The van der Waals surface area contributed by atoms with Crippen LogP contribution in [0, 0.1) is 5.92 Å². The first kappa shape index (κ1) is 15.7. The zero-order valence-corrected chi connectivity index (χ0v) is 11.4. The lowest BCUT2D eigenvalue weighted by molar-refractivity contribution is -0.150. The molecule has 0 spiro atoms. The molecule has 0 aromatic carbocycles. The van der Waals surface area contributed by atoms with Crippen LogP contribution >= 0.6 is 12.4 Å². The Morgan fingerprint density at radius 3 is 2.56 bits per heavy atom. The molecule has 0 atom stereocenters. The van der Waals surface area contributed by atoms with Gasteiger partial charge in [-0.15, -0.1) is 12.4 Å². The first-order chi connectivity index (χ1) is 8.36. The highest BCUT2D eigenvalue weighted by atomic mass is 35.5. The number of halogens is 1. The molecule has 106 valence electrons. The largest absolute Gasteiger partial charge is 0.465 e. The van der Waals surface area contributed by atoms with Crippen LogP contribution in [0.25, 0.3) is 0 Å². The molecule has 2 aliphatic rings. The van der Waals surface area contributed by atoms with E-state index in [1.165, 1.54) is 0 Å². The van der Waals surface area contributed by atoms with Crippen molar-refractivity contribution in [3.8, 4) is 0 Å². The van der Waals surface area contributed by atoms with E-state index in [-0.39, 0.29) is 30.6 Å². The predicted octanol–water partition coefficient (Wildman–Crippen LogP) is 1.10. The van der Waals surface area contributed by atoms with Crippen molar-refractivity contribution in [3.63, 3.8) is 0 Å². The van der Waals surface area contributed by atoms with Crippen LogP contribution < -0.4 is 5.32 Å². The van der Waals surface area contributed by atoms with E-state index in [1.807, 2.05) is 0 Å². The fourth-order valence-electron chi connectivity index (χ4n) is 2.17. The topological polar surface area (TPSA) is 56.8 Å². The molecule has 6 heteroatoms. The summed E-state index contributed by atoms with van der Waals surface area (Å²) in [6.45, 7) is 3.68. The Morgan fingerprint density at radius 1 is 1.22 bits per heavy atom. The van der Waals surface area contributed by atoms with Gasteiger partial charge in [0.05, 0.1) is 25.7 Å².